The fraction of sp³-hybridized carbons (Fsp3) is 0.444. The standard InChI is InChI=1S/C27H31NO4S/c29-24-6-3-19(14-25(24)30)8-10-33(32)9-7-18-1-4-23(5-2-18)28-26(31)27-15-20-11-21(16-27)13-22(12-20)17-27/h1-6,8,10,14,20-22,29-30H,7,9,11-13,15-17H2,(H,28,31)/b10-8+. The second-order valence-electron chi connectivity index (χ2n) is 10.2. The minimum atomic E-state index is -1.15. The van der Waals surface area contributed by atoms with Gasteiger partial charge in [-0.05, 0) is 104 Å². The van der Waals surface area contributed by atoms with Crippen LogP contribution in [-0.4, -0.2) is 26.1 Å². The number of hydrogen-bond acceptors (Lipinski definition) is 4. The molecule has 1 atom stereocenters. The highest BCUT2D eigenvalue weighted by atomic mass is 32.2. The molecule has 4 saturated carbocycles. The van der Waals surface area contributed by atoms with Crippen molar-refractivity contribution >= 4 is 28.5 Å². The van der Waals surface area contributed by atoms with Gasteiger partial charge in [0.25, 0.3) is 0 Å². The normalized spacial score (nSPS) is 28.8. The maximum atomic E-state index is 13.2. The Labute approximate surface area is 197 Å². The molecule has 2 aromatic carbocycles. The van der Waals surface area contributed by atoms with Crippen LogP contribution in [0.5, 0.6) is 11.5 Å². The third kappa shape index (κ3) is 4.86. The fourth-order valence-electron chi connectivity index (χ4n) is 6.49. The number of carbonyl (C=O) groups excluding carboxylic acids is 1. The van der Waals surface area contributed by atoms with Crippen LogP contribution in [0.4, 0.5) is 5.69 Å². The maximum Gasteiger partial charge on any atom is 0.230 e. The third-order valence-corrected chi connectivity index (χ3v) is 8.78. The van der Waals surface area contributed by atoms with Gasteiger partial charge in [-0.3, -0.25) is 9.00 Å². The summed E-state index contributed by atoms with van der Waals surface area (Å²) < 4.78 is 12.3. The molecule has 3 N–H and O–H groups in total. The number of anilines is 1. The number of nitrogens with one attached hydrogen (secondary N) is 1. The summed E-state index contributed by atoms with van der Waals surface area (Å²) in [7, 11) is -1.15. The highest BCUT2D eigenvalue weighted by Crippen LogP contribution is 2.60. The molecule has 0 spiro atoms. The molecule has 0 aliphatic heterocycles. The van der Waals surface area contributed by atoms with E-state index in [9.17, 15) is 19.2 Å². The van der Waals surface area contributed by atoms with E-state index in [1.165, 1.54) is 31.4 Å². The summed E-state index contributed by atoms with van der Waals surface area (Å²) in [5.74, 6) is 2.57. The van der Waals surface area contributed by atoms with Crippen LogP contribution in [0.25, 0.3) is 6.08 Å². The van der Waals surface area contributed by atoms with Gasteiger partial charge in [-0.1, -0.05) is 18.2 Å². The van der Waals surface area contributed by atoms with Gasteiger partial charge in [-0.25, -0.2) is 0 Å². The van der Waals surface area contributed by atoms with Crippen molar-refractivity contribution in [2.75, 3.05) is 11.1 Å². The lowest BCUT2D eigenvalue weighted by Gasteiger charge is -2.55. The number of aryl methyl sites for hydroxylation is 1. The summed E-state index contributed by atoms with van der Waals surface area (Å²) in [6.45, 7) is 0. The van der Waals surface area contributed by atoms with E-state index in [1.54, 1.807) is 17.6 Å². The molecule has 5 nitrogen and oxygen atoms in total. The number of phenolic OH excluding ortho intramolecular Hbond substituents is 2. The lowest BCUT2D eigenvalue weighted by molar-refractivity contribution is -0.140. The SMILES string of the molecule is O=C(Nc1ccc(CCS(=O)/C=C/c2ccc(O)c(O)c2)cc1)C12CC3CC(CC(C3)C1)C2. The Bertz CT molecular complexity index is 1060. The first-order valence-electron chi connectivity index (χ1n) is 11.9. The molecule has 4 aliphatic carbocycles. The maximum absolute atomic E-state index is 13.2. The van der Waals surface area contributed by atoms with E-state index in [0.29, 0.717) is 17.7 Å². The lowest BCUT2D eigenvalue weighted by atomic mass is 9.49. The minimum Gasteiger partial charge on any atom is -0.504 e. The topological polar surface area (TPSA) is 86.6 Å². The Morgan fingerprint density at radius 3 is 2.21 bits per heavy atom. The van der Waals surface area contributed by atoms with Gasteiger partial charge in [0.15, 0.2) is 11.5 Å². The summed E-state index contributed by atoms with van der Waals surface area (Å²) in [6, 6.07) is 12.4. The Hall–Kier alpha value is -2.60. The van der Waals surface area contributed by atoms with Gasteiger partial charge in [0.05, 0.1) is 5.41 Å². The second-order valence-corrected chi connectivity index (χ2v) is 11.7. The van der Waals surface area contributed by atoms with E-state index in [1.807, 2.05) is 24.3 Å². The molecule has 6 rings (SSSR count). The minimum absolute atomic E-state index is 0.148. The van der Waals surface area contributed by atoms with Crippen molar-refractivity contribution in [3.8, 4) is 11.5 Å². The summed E-state index contributed by atoms with van der Waals surface area (Å²) in [5, 5.41) is 23.7. The van der Waals surface area contributed by atoms with E-state index in [2.05, 4.69) is 5.32 Å². The van der Waals surface area contributed by atoms with E-state index < -0.39 is 10.8 Å². The Morgan fingerprint density at radius 2 is 1.61 bits per heavy atom. The molecule has 1 unspecified atom stereocenters. The highest BCUT2D eigenvalue weighted by molar-refractivity contribution is 7.88. The van der Waals surface area contributed by atoms with Crippen LogP contribution in [-0.2, 0) is 22.0 Å². The van der Waals surface area contributed by atoms with Crippen LogP contribution in [0.2, 0.25) is 0 Å². The molecule has 6 heteroatoms. The Morgan fingerprint density at radius 1 is 0.970 bits per heavy atom. The number of hydrogen-bond donors (Lipinski definition) is 3. The van der Waals surface area contributed by atoms with Gasteiger partial charge < -0.3 is 15.5 Å². The summed E-state index contributed by atoms with van der Waals surface area (Å²) >= 11 is 0. The van der Waals surface area contributed by atoms with E-state index in [-0.39, 0.29) is 22.8 Å². The van der Waals surface area contributed by atoms with Crippen molar-refractivity contribution in [1.29, 1.82) is 0 Å². The zero-order valence-corrected chi connectivity index (χ0v) is 19.5. The van der Waals surface area contributed by atoms with Crippen molar-refractivity contribution in [3.63, 3.8) is 0 Å². The first-order chi connectivity index (χ1) is 15.9. The fourth-order valence-corrected chi connectivity index (χ4v) is 7.37. The molecule has 0 radical (unpaired) electrons. The first kappa shape index (κ1) is 22.2. The average molecular weight is 466 g/mol. The Balaban J connectivity index is 1.13. The van der Waals surface area contributed by atoms with Gasteiger partial charge in [-0.15, -0.1) is 0 Å². The van der Waals surface area contributed by atoms with Crippen LogP contribution in [0.3, 0.4) is 0 Å². The number of phenols is 2. The van der Waals surface area contributed by atoms with Crippen molar-refractivity contribution in [3.05, 3.63) is 59.0 Å². The van der Waals surface area contributed by atoms with Gasteiger partial charge in [0.2, 0.25) is 5.91 Å². The van der Waals surface area contributed by atoms with Crippen molar-refractivity contribution in [1.82, 2.24) is 0 Å². The lowest BCUT2D eigenvalue weighted by Crippen LogP contribution is -2.51. The first-order valence-corrected chi connectivity index (χ1v) is 13.2. The molecule has 2 aromatic rings. The van der Waals surface area contributed by atoms with Crippen molar-refractivity contribution in [2.45, 2.75) is 44.9 Å². The molecule has 0 aromatic heterocycles. The van der Waals surface area contributed by atoms with Crippen molar-refractivity contribution < 1.29 is 19.2 Å². The van der Waals surface area contributed by atoms with Crippen LogP contribution >= 0.6 is 0 Å². The summed E-state index contributed by atoms with van der Waals surface area (Å²) in [4.78, 5) is 13.2. The third-order valence-electron chi connectivity index (χ3n) is 7.74. The molecule has 1 amide bonds. The van der Waals surface area contributed by atoms with Gasteiger partial charge >= 0.3 is 0 Å². The highest BCUT2D eigenvalue weighted by Gasteiger charge is 2.54. The Kier molecular flexibility index (Phi) is 6.04. The van der Waals surface area contributed by atoms with Crippen LogP contribution in [0.15, 0.2) is 47.9 Å². The number of rotatable bonds is 7. The zero-order valence-electron chi connectivity index (χ0n) is 18.7. The smallest absolute Gasteiger partial charge is 0.230 e. The largest absolute Gasteiger partial charge is 0.504 e. The second kappa shape index (κ2) is 8.98. The van der Waals surface area contributed by atoms with Gasteiger partial charge in [-0.2, -0.15) is 0 Å². The monoisotopic (exact) mass is 465 g/mol. The van der Waals surface area contributed by atoms with Crippen molar-refractivity contribution in [2.24, 2.45) is 23.2 Å². The molecule has 0 heterocycles. The van der Waals surface area contributed by atoms with Crippen LogP contribution in [0.1, 0.15) is 49.7 Å². The zero-order chi connectivity index (χ0) is 23.0. The van der Waals surface area contributed by atoms with Crippen LogP contribution < -0.4 is 5.32 Å². The molecule has 4 bridgehead atoms. The summed E-state index contributed by atoms with van der Waals surface area (Å²) in [6.07, 6.45) is 9.52. The molecular weight excluding hydrogens is 434 g/mol. The molecular formula is C27H31NO4S. The van der Waals surface area contributed by atoms with Gasteiger partial charge in [0, 0.05) is 27.6 Å². The van der Waals surface area contributed by atoms with E-state index >= 15 is 0 Å². The molecule has 174 valence electrons. The average Bonchev–Trinajstić information content (AvgIpc) is 2.78. The number of amides is 1. The molecule has 0 saturated heterocycles. The molecule has 33 heavy (non-hydrogen) atoms. The predicted octanol–water partition coefficient (Wildman–Crippen LogP) is 5.21. The predicted molar refractivity (Wildman–Crippen MR) is 131 cm³/mol. The summed E-state index contributed by atoms with van der Waals surface area (Å²) in [5.41, 5.74) is 2.45. The number of benzene rings is 2. The van der Waals surface area contributed by atoms with E-state index in [0.717, 1.165) is 48.3 Å². The number of aromatic hydroxyl groups is 2. The molecule has 4 aliphatic rings. The molecule has 4 fully saturated rings. The van der Waals surface area contributed by atoms with Gasteiger partial charge in [0.1, 0.15) is 0 Å². The van der Waals surface area contributed by atoms with E-state index in [4.69, 9.17) is 0 Å². The quantitative estimate of drug-likeness (QED) is 0.490. The van der Waals surface area contributed by atoms with Crippen LogP contribution in [0, 0.1) is 23.2 Å². The number of carbonyl (C=O) groups is 1.